The monoisotopic (exact) mass is 327 g/mol. The van der Waals surface area contributed by atoms with Crippen molar-refractivity contribution >= 4 is 10.9 Å². The SMILES string of the molecule is Cc1ccc2ncccc2c1CN1C[C@H](CO)C[C@@H](CN(C)C)C1. The summed E-state index contributed by atoms with van der Waals surface area (Å²) in [5.41, 5.74) is 3.77. The number of pyridine rings is 1. The van der Waals surface area contributed by atoms with Crippen molar-refractivity contribution in [2.45, 2.75) is 19.9 Å². The first-order valence-corrected chi connectivity index (χ1v) is 8.88. The zero-order valence-electron chi connectivity index (χ0n) is 15.1. The molecule has 0 spiro atoms. The van der Waals surface area contributed by atoms with Crippen LogP contribution >= 0.6 is 0 Å². The van der Waals surface area contributed by atoms with Crippen molar-refractivity contribution in [2.24, 2.45) is 11.8 Å². The normalized spacial score (nSPS) is 22.4. The molecule has 4 heteroatoms. The lowest BCUT2D eigenvalue weighted by Gasteiger charge is -2.38. The smallest absolute Gasteiger partial charge is 0.0705 e. The minimum absolute atomic E-state index is 0.288. The van der Waals surface area contributed by atoms with Crippen LogP contribution in [0.2, 0.25) is 0 Å². The molecule has 0 radical (unpaired) electrons. The van der Waals surface area contributed by atoms with Crippen LogP contribution in [0.3, 0.4) is 0 Å². The van der Waals surface area contributed by atoms with Gasteiger partial charge in [0.25, 0.3) is 0 Å². The Balaban J connectivity index is 1.83. The standard InChI is InChI=1S/C20H29N3O/c1-15-6-7-20-18(5-4-8-21-20)19(15)13-23-11-16(10-22(2)3)9-17(12-23)14-24/h4-8,16-17,24H,9-14H2,1-3H3/t16-,17+/m0/s1. The Morgan fingerprint density at radius 2 is 2.00 bits per heavy atom. The molecule has 1 saturated heterocycles. The first kappa shape index (κ1) is 17.3. The lowest BCUT2D eigenvalue weighted by molar-refractivity contribution is 0.0694. The minimum atomic E-state index is 0.288. The summed E-state index contributed by atoms with van der Waals surface area (Å²) in [5.74, 6) is 1.01. The fourth-order valence-electron chi connectivity index (χ4n) is 4.09. The van der Waals surface area contributed by atoms with Gasteiger partial charge < -0.3 is 10.0 Å². The molecule has 1 aromatic heterocycles. The molecule has 0 unspecified atom stereocenters. The van der Waals surface area contributed by atoms with Crippen molar-refractivity contribution in [1.82, 2.24) is 14.8 Å². The second-order valence-electron chi connectivity index (χ2n) is 7.54. The van der Waals surface area contributed by atoms with Crippen LogP contribution in [0.1, 0.15) is 17.5 Å². The highest BCUT2D eigenvalue weighted by molar-refractivity contribution is 5.83. The van der Waals surface area contributed by atoms with E-state index in [2.05, 4.69) is 54.0 Å². The Kier molecular flexibility index (Phi) is 5.49. The maximum atomic E-state index is 9.70. The molecule has 3 rings (SSSR count). The van der Waals surface area contributed by atoms with E-state index < -0.39 is 0 Å². The Morgan fingerprint density at radius 3 is 2.75 bits per heavy atom. The molecule has 0 aliphatic carbocycles. The van der Waals surface area contributed by atoms with E-state index in [4.69, 9.17) is 0 Å². The molecule has 2 aromatic rings. The second-order valence-corrected chi connectivity index (χ2v) is 7.54. The summed E-state index contributed by atoms with van der Waals surface area (Å²) in [6.45, 7) is 6.59. The number of hydrogen-bond donors (Lipinski definition) is 1. The Hall–Kier alpha value is -1.49. The van der Waals surface area contributed by atoms with E-state index in [1.54, 1.807) is 0 Å². The van der Waals surface area contributed by atoms with Gasteiger partial charge in [-0.25, -0.2) is 0 Å². The number of nitrogens with zero attached hydrogens (tertiary/aromatic N) is 3. The molecule has 1 aliphatic heterocycles. The van der Waals surface area contributed by atoms with Gasteiger partial charge in [-0.3, -0.25) is 9.88 Å². The summed E-state index contributed by atoms with van der Waals surface area (Å²) in [6.07, 6.45) is 2.98. The molecule has 1 aliphatic rings. The Morgan fingerprint density at radius 1 is 1.21 bits per heavy atom. The van der Waals surface area contributed by atoms with Gasteiger partial charge in [0, 0.05) is 44.4 Å². The van der Waals surface area contributed by atoms with Crippen LogP contribution in [-0.4, -0.2) is 60.2 Å². The number of likely N-dealkylation sites (tertiary alicyclic amines) is 1. The van der Waals surface area contributed by atoms with Gasteiger partial charge in [-0.2, -0.15) is 0 Å². The van der Waals surface area contributed by atoms with Gasteiger partial charge in [0.15, 0.2) is 0 Å². The lowest BCUT2D eigenvalue weighted by Crippen LogP contribution is -2.44. The number of aliphatic hydroxyl groups excluding tert-OH is 1. The van der Waals surface area contributed by atoms with E-state index in [0.717, 1.165) is 38.1 Å². The van der Waals surface area contributed by atoms with Crippen LogP contribution in [0.25, 0.3) is 10.9 Å². The number of hydrogen-bond acceptors (Lipinski definition) is 4. The van der Waals surface area contributed by atoms with E-state index >= 15 is 0 Å². The molecule has 4 nitrogen and oxygen atoms in total. The van der Waals surface area contributed by atoms with Gasteiger partial charge in [0.2, 0.25) is 0 Å². The van der Waals surface area contributed by atoms with Gasteiger partial charge in [-0.05, 0) is 62.5 Å². The molecular weight excluding hydrogens is 298 g/mol. The van der Waals surface area contributed by atoms with E-state index in [0.29, 0.717) is 11.8 Å². The largest absolute Gasteiger partial charge is 0.396 e. The highest BCUT2D eigenvalue weighted by Gasteiger charge is 2.27. The Labute approximate surface area is 145 Å². The molecule has 1 aromatic carbocycles. The van der Waals surface area contributed by atoms with Crippen LogP contribution in [0, 0.1) is 18.8 Å². The predicted molar refractivity (Wildman–Crippen MR) is 99.0 cm³/mol. The molecule has 0 amide bonds. The van der Waals surface area contributed by atoms with E-state index in [9.17, 15) is 5.11 Å². The van der Waals surface area contributed by atoms with Crippen LogP contribution in [0.4, 0.5) is 0 Å². The average Bonchev–Trinajstić information content (AvgIpc) is 2.56. The van der Waals surface area contributed by atoms with Crippen molar-refractivity contribution in [2.75, 3.05) is 40.3 Å². The summed E-state index contributed by atoms with van der Waals surface area (Å²) in [4.78, 5) is 9.28. The van der Waals surface area contributed by atoms with Crippen LogP contribution < -0.4 is 0 Å². The van der Waals surface area contributed by atoms with Gasteiger partial charge in [-0.1, -0.05) is 12.1 Å². The van der Waals surface area contributed by atoms with Crippen LogP contribution in [-0.2, 0) is 6.54 Å². The number of fused-ring (bicyclic) bond motifs is 1. The average molecular weight is 327 g/mol. The summed E-state index contributed by atoms with van der Waals surface area (Å²) < 4.78 is 0. The summed E-state index contributed by atoms with van der Waals surface area (Å²) >= 11 is 0. The molecule has 2 heterocycles. The molecule has 0 saturated carbocycles. The van der Waals surface area contributed by atoms with Crippen LogP contribution in [0.5, 0.6) is 0 Å². The van der Waals surface area contributed by atoms with Crippen molar-refractivity contribution in [3.8, 4) is 0 Å². The van der Waals surface area contributed by atoms with Crippen LogP contribution in [0.15, 0.2) is 30.5 Å². The predicted octanol–water partition coefficient (Wildman–Crippen LogP) is 2.54. The summed E-state index contributed by atoms with van der Waals surface area (Å²) in [6, 6.07) is 8.48. The van der Waals surface area contributed by atoms with E-state index in [1.165, 1.54) is 16.5 Å². The third kappa shape index (κ3) is 3.94. The quantitative estimate of drug-likeness (QED) is 0.916. The zero-order chi connectivity index (χ0) is 17.1. The molecule has 24 heavy (non-hydrogen) atoms. The topological polar surface area (TPSA) is 39.6 Å². The van der Waals surface area contributed by atoms with Crippen molar-refractivity contribution < 1.29 is 5.11 Å². The number of benzene rings is 1. The number of rotatable bonds is 5. The second kappa shape index (κ2) is 7.60. The third-order valence-electron chi connectivity index (χ3n) is 5.09. The third-order valence-corrected chi connectivity index (χ3v) is 5.09. The van der Waals surface area contributed by atoms with E-state index in [-0.39, 0.29) is 6.61 Å². The van der Waals surface area contributed by atoms with Gasteiger partial charge >= 0.3 is 0 Å². The number of aryl methyl sites for hydroxylation is 1. The van der Waals surface area contributed by atoms with Crippen molar-refractivity contribution in [1.29, 1.82) is 0 Å². The van der Waals surface area contributed by atoms with Crippen molar-refractivity contribution in [3.63, 3.8) is 0 Å². The molecule has 2 atom stereocenters. The zero-order valence-corrected chi connectivity index (χ0v) is 15.1. The fourth-order valence-corrected chi connectivity index (χ4v) is 4.09. The first-order valence-electron chi connectivity index (χ1n) is 8.88. The molecular formula is C20H29N3O. The van der Waals surface area contributed by atoms with E-state index in [1.807, 2.05) is 12.3 Å². The molecule has 130 valence electrons. The van der Waals surface area contributed by atoms with Gasteiger partial charge in [0.1, 0.15) is 0 Å². The van der Waals surface area contributed by atoms with Crippen molar-refractivity contribution in [3.05, 3.63) is 41.6 Å². The number of aromatic nitrogens is 1. The molecule has 1 fully saturated rings. The highest BCUT2D eigenvalue weighted by atomic mass is 16.3. The number of piperidine rings is 1. The lowest BCUT2D eigenvalue weighted by atomic mass is 9.88. The van der Waals surface area contributed by atoms with Gasteiger partial charge in [0.05, 0.1) is 5.52 Å². The minimum Gasteiger partial charge on any atom is -0.396 e. The first-order chi connectivity index (χ1) is 11.6. The highest BCUT2D eigenvalue weighted by Crippen LogP contribution is 2.27. The summed E-state index contributed by atoms with van der Waals surface area (Å²) in [5, 5.41) is 11.0. The number of aliphatic hydroxyl groups is 1. The fraction of sp³-hybridized carbons (Fsp3) is 0.550. The molecule has 1 N–H and O–H groups in total. The molecule has 0 bridgehead atoms. The summed E-state index contributed by atoms with van der Waals surface area (Å²) in [7, 11) is 4.26. The Bertz CT molecular complexity index is 686. The van der Waals surface area contributed by atoms with Gasteiger partial charge in [-0.15, -0.1) is 0 Å². The maximum Gasteiger partial charge on any atom is 0.0705 e. The maximum absolute atomic E-state index is 9.70.